The summed E-state index contributed by atoms with van der Waals surface area (Å²) in [7, 11) is 1.58. The third-order valence-corrected chi connectivity index (χ3v) is 3.05. The van der Waals surface area contributed by atoms with Crippen molar-refractivity contribution in [3.05, 3.63) is 64.2 Å². The molecule has 2 N–H and O–H groups in total. The molecule has 0 fully saturated rings. The van der Waals surface area contributed by atoms with Gasteiger partial charge in [0.15, 0.2) is 0 Å². The molecule has 8 nitrogen and oxygen atoms in total. The van der Waals surface area contributed by atoms with E-state index in [2.05, 4.69) is 15.8 Å². The maximum atomic E-state index is 11.7. The fraction of sp³-hybridized carbons (Fsp3) is 0.125. The average molecular weight is 328 g/mol. The Bertz CT molecular complexity index is 727. The minimum Gasteiger partial charge on any atom is -0.497 e. The standard InChI is InChI=1S/C16H16N4O4/c1-24-15-8-4-13(5-9-15)17-11-16(21)19-18-10-12-2-6-14(7-3-12)20(22)23/h2-10,17H,11H2,1H3,(H,19,21). The van der Waals surface area contributed by atoms with Crippen molar-refractivity contribution in [3.63, 3.8) is 0 Å². The van der Waals surface area contributed by atoms with Gasteiger partial charge >= 0.3 is 0 Å². The van der Waals surface area contributed by atoms with E-state index < -0.39 is 4.92 Å². The van der Waals surface area contributed by atoms with Gasteiger partial charge in [-0.3, -0.25) is 14.9 Å². The largest absolute Gasteiger partial charge is 0.497 e. The monoisotopic (exact) mass is 328 g/mol. The van der Waals surface area contributed by atoms with Crippen LogP contribution < -0.4 is 15.5 Å². The van der Waals surface area contributed by atoms with E-state index in [9.17, 15) is 14.9 Å². The zero-order chi connectivity index (χ0) is 17.4. The summed E-state index contributed by atoms with van der Waals surface area (Å²) < 4.78 is 5.05. The van der Waals surface area contributed by atoms with Gasteiger partial charge in [0, 0.05) is 17.8 Å². The molecule has 0 spiro atoms. The third kappa shape index (κ3) is 5.09. The number of amides is 1. The number of ether oxygens (including phenoxy) is 1. The summed E-state index contributed by atoms with van der Waals surface area (Å²) in [6, 6.07) is 13.0. The normalized spacial score (nSPS) is 10.4. The van der Waals surface area contributed by atoms with E-state index in [0.717, 1.165) is 11.4 Å². The smallest absolute Gasteiger partial charge is 0.269 e. The number of carbonyl (C=O) groups excluding carboxylic acids is 1. The number of benzene rings is 2. The van der Waals surface area contributed by atoms with E-state index in [1.54, 1.807) is 43.5 Å². The molecule has 0 aliphatic rings. The molecule has 0 aromatic heterocycles. The second-order valence-electron chi connectivity index (χ2n) is 4.72. The summed E-state index contributed by atoms with van der Waals surface area (Å²) in [5.74, 6) is 0.418. The van der Waals surface area contributed by atoms with E-state index in [1.807, 2.05) is 0 Å². The highest BCUT2D eigenvalue weighted by molar-refractivity contribution is 5.84. The Morgan fingerprint density at radius 1 is 1.21 bits per heavy atom. The highest BCUT2D eigenvalue weighted by atomic mass is 16.6. The minimum atomic E-state index is -0.479. The lowest BCUT2D eigenvalue weighted by atomic mass is 10.2. The van der Waals surface area contributed by atoms with Crippen LogP contribution in [0.5, 0.6) is 5.75 Å². The topological polar surface area (TPSA) is 106 Å². The molecule has 0 saturated heterocycles. The number of nitro benzene ring substituents is 1. The Morgan fingerprint density at radius 2 is 1.88 bits per heavy atom. The molecule has 2 aromatic carbocycles. The Morgan fingerprint density at radius 3 is 2.46 bits per heavy atom. The third-order valence-electron chi connectivity index (χ3n) is 3.05. The Hall–Kier alpha value is -3.42. The van der Waals surface area contributed by atoms with Gasteiger partial charge in [0.05, 0.1) is 24.8 Å². The van der Waals surface area contributed by atoms with Crippen LogP contribution in [0.4, 0.5) is 11.4 Å². The van der Waals surface area contributed by atoms with Crippen molar-refractivity contribution in [1.29, 1.82) is 0 Å². The highest BCUT2D eigenvalue weighted by Gasteiger charge is 2.03. The van der Waals surface area contributed by atoms with Gasteiger partial charge < -0.3 is 10.1 Å². The average Bonchev–Trinajstić information content (AvgIpc) is 2.61. The van der Waals surface area contributed by atoms with Crippen LogP contribution in [0.3, 0.4) is 0 Å². The van der Waals surface area contributed by atoms with Crippen molar-refractivity contribution in [2.45, 2.75) is 0 Å². The Labute approximate surface area is 138 Å². The van der Waals surface area contributed by atoms with Crippen LogP contribution in [0.25, 0.3) is 0 Å². The second-order valence-corrected chi connectivity index (χ2v) is 4.72. The molecule has 1 amide bonds. The molecule has 0 atom stereocenters. The van der Waals surface area contributed by atoms with Crippen LogP contribution >= 0.6 is 0 Å². The quantitative estimate of drug-likeness (QED) is 0.460. The van der Waals surface area contributed by atoms with Gasteiger partial charge in [-0.05, 0) is 42.0 Å². The lowest BCUT2D eigenvalue weighted by molar-refractivity contribution is -0.384. The van der Waals surface area contributed by atoms with Gasteiger partial charge in [-0.15, -0.1) is 0 Å². The molecule has 0 radical (unpaired) electrons. The maximum absolute atomic E-state index is 11.7. The van der Waals surface area contributed by atoms with E-state index in [0.29, 0.717) is 5.56 Å². The van der Waals surface area contributed by atoms with Crippen molar-refractivity contribution >= 4 is 23.5 Å². The van der Waals surface area contributed by atoms with Crippen LogP contribution in [0.1, 0.15) is 5.56 Å². The van der Waals surface area contributed by atoms with Crippen LogP contribution in [-0.2, 0) is 4.79 Å². The van der Waals surface area contributed by atoms with Gasteiger partial charge in [-0.25, -0.2) is 5.43 Å². The van der Waals surface area contributed by atoms with E-state index in [4.69, 9.17) is 4.74 Å². The number of hydrazone groups is 1. The Kier molecular flexibility index (Phi) is 5.84. The maximum Gasteiger partial charge on any atom is 0.269 e. The second kappa shape index (κ2) is 8.28. The molecule has 8 heteroatoms. The first kappa shape index (κ1) is 16.9. The molecule has 124 valence electrons. The fourth-order valence-corrected chi connectivity index (χ4v) is 1.79. The van der Waals surface area contributed by atoms with Crippen molar-refractivity contribution in [1.82, 2.24) is 5.43 Å². The van der Waals surface area contributed by atoms with Crippen molar-refractivity contribution in [2.24, 2.45) is 5.10 Å². The molecule has 0 aliphatic heterocycles. The molecule has 0 bridgehead atoms. The first-order valence-electron chi connectivity index (χ1n) is 7.03. The first-order valence-corrected chi connectivity index (χ1v) is 7.03. The van der Waals surface area contributed by atoms with Gasteiger partial charge in [0.2, 0.25) is 0 Å². The number of rotatable bonds is 7. The molecule has 2 aromatic rings. The summed E-state index contributed by atoms with van der Waals surface area (Å²) in [6.45, 7) is 0.0595. The van der Waals surface area contributed by atoms with E-state index in [-0.39, 0.29) is 18.1 Å². The molecule has 0 saturated carbocycles. The number of anilines is 1. The fourth-order valence-electron chi connectivity index (χ4n) is 1.79. The SMILES string of the molecule is COc1ccc(NCC(=O)NN=Cc2ccc([N+](=O)[O-])cc2)cc1. The van der Waals surface area contributed by atoms with E-state index >= 15 is 0 Å². The predicted molar refractivity (Wildman–Crippen MR) is 90.3 cm³/mol. The number of nitrogens with one attached hydrogen (secondary N) is 2. The summed E-state index contributed by atoms with van der Waals surface area (Å²) >= 11 is 0. The first-order chi connectivity index (χ1) is 11.6. The van der Waals surface area contributed by atoms with Crippen LogP contribution in [0, 0.1) is 10.1 Å². The van der Waals surface area contributed by atoms with Crippen molar-refractivity contribution in [3.8, 4) is 5.75 Å². The van der Waals surface area contributed by atoms with E-state index in [1.165, 1.54) is 18.3 Å². The highest BCUT2D eigenvalue weighted by Crippen LogP contribution is 2.14. The predicted octanol–water partition coefficient (Wildman–Crippen LogP) is 2.17. The van der Waals surface area contributed by atoms with Crippen LogP contribution in [0.2, 0.25) is 0 Å². The number of nitro groups is 1. The molecule has 0 unspecified atom stereocenters. The number of methoxy groups -OCH3 is 1. The summed E-state index contributed by atoms with van der Waals surface area (Å²) in [5.41, 5.74) is 3.80. The van der Waals surface area contributed by atoms with Gasteiger partial charge in [-0.2, -0.15) is 5.10 Å². The number of hydrogen-bond donors (Lipinski definition) is 2. The molecule has 0 aliphatic carbocycles. The van der Waals surface area contributed by atoms with Crippen molar-refractivity contribution < 1.29 is 14.5 Å². The lowest BCUT2D eigenvalue weighted by Gasteiger charge is -2.06. The zero-order valence-electron chi connectivity index (χ0n) is 12.9. The van der Waals surface area contributed by atoms with Crippen LogP contribution in [-0.4, -0.2) is 30.7 Å². The number of carbonyl (C=O) groups is 1. The number of hydrogen-bond acceptors (Lipinski definition) is 6. The summed E-state index contributed by atoms with van der Waals surface area (Å²) in [4.78, 5) is 21.7. The van der Waals surface area contributed by atoms with Crippen molar-refractivity contribution in [2.75, 3.05) is 19.0 Å². The molecule has 2 rings (SSSR count). The number of nitrogens with zero attached hydrogens (tertiary/aromatic N) is 2. The molecule has 0 heterocycles. The van der Waals surface area contributed by atoms with Crippen LogP contribution in [0.15, 0.2) is 53.6 Å². The van der Waals surface area contributed by atoms with Gasteiger partial charge in [0.25, 0.3) is 11.6 Å². The molecule has 24 heavy (non-hydrogen) atoms. The zero-order valence-corrected chi connectivity index (χ0v) is 12.9. The lowest BCUT2D eigenvalue weighted by Crippen LogP contribution is -2.25. The molecular weight excluding hydrogens is 312 g/mol. The van der Waals surface area contributed by atoms with Gasteiger partial charge in [0.1, 0.15) is 5.75 Å². The number of non-ortho nitro benzene ring substituents is 1. The van der Waals surface area contributed by atoms with Gasteiger partial charge in [-0.1, -0.05) is 0 Å². The molecular formula is C16H16N4O4. The summed E-state index contributed by atoms with van der Waals surface area (Å²) in [5, 5.41) is 17.3. The Balaban J connectivity index is 1.78. The minimum absolute atomic E-state index is 0.000114. The summed E-state index contributed by atoms with van der Waals surface area (Å²) in [6.07, 6.45) is 1.41.